The highest BCUT2D eigenvalue weighted by Gasteiger charge is 2.65. The van der Waals surface area contributed by atoms with E-state index in [4.69, 9.17) is 9.47 Å². The summed E-state index contributed by atoms with van der Waals surface area (Å²) in [6.45, 7) is 1.90. The highest BCUT2D eigenvalue weighted by Crippen LogP contribution is 2.55. The molecule has 0 spiro atoms. The van der Waals surface area contributed by atoms with Crippen molar-refractivity contribution in [3.63, 3.8) is 0 Å². The van der Waals surface area contributed by atoms with Crippen LogP contribution in [0.4, 0.5) is 32.0 Å². The molecule has 1 amide bonds. The Balaban J connectivity index is 2.07. The molecular weight excluding hydrogens is 471 g/mol. The Morgan fingerprint density at radius 2 is 1.76 bits per heavy atom. The summed E-state index contributed by atoms with van der Waals surface area (Å²) in [7, 11) is -1.22. The number of methoxy groups -OCH3 is 1. The molecule has 1 fully saturated rings. The minimum absolute atomic E-state index is 0.164. The lowest BCUT2D eigenvalue weighted by atomic mass is 9.76. The molecule has 0 bridgehead atoms. The normalized spacial score (nSPS) is 24.7. The van der Waals surface area contributed by atoms with E-state index in [-0.39, 0.29) is 11.3 Å². The van der Waals surface area contributed by atoms with Crippen molar-refractivity contribution < 1.29 is 50.7 Å². The summed E-state index contributed by atoms with van der Waals surface area (Å²) in [5, 5.41) is 20.7. The fraction of sp³-hybridized carbons (Fsp3) is 0.381. The molecule has 3 N–H and O–H groups in total. The predicted molar refractivity (Wildman–Crippen MR) is 109 cm³/mol. The van der Waals surface area contributed by atoms with Gasteiger partial charge in [-0.15, -0.1) is 0 Å². The summed E-state index contributed by atoms with van der Waals surface area (Å²) in [5.41, 5.74) is -3.81. The van der Waals surface area contributed by atoms with E-state index < -0.39 is 71.4 Å². The number of carbonyl (C=O) groups excluding carboxylic acids is 1. The molecule has 1 saturated heterocycles. The second kappa shape index (κ2) is 9.12. The van der Waals surface area contributed by atoms with Crippen molar-refractivity contribution in [2.24, 2.45) is 5.92 Å². The van der Waals surface area contributed by atoms with Gasteiger partial charge in [-0.3, -0.25) is 4.79 Å². The lowest BCUT2D eigenvalue weighted by molar-refractivity contribution is -0.272. The van der Waals surface area contributed by atoms with Crippen molar-refractivity contribution in [3.05, 3.63) is 53.3 Å². The molecule has 34 heavy (non-hydrogen) atoms. The number of benzene rings is 2. The molecule has 0 aromatic heterocycles. The van der Waals surface area contributed by atoms with Crippen LogP contribution in [0.1, 0.15) is 25.3 Å². The van der Waals surface area contributed by atoms with Crippen LogP contribution < -0.4 is 15.5 Å². The highest BCUT2D eigenvalue weighted by atomic mass is 19.4. The minimum atomic E-state index is -4.93. The van der Waals surface area contributed by atoms with Crippen LogP contribution in [0.3, 0.4) is 0 Å². The van der Waals surface area contributed by atoms with Crippen LogP contribution in [0, 0.1) is 23.4 Å². The largest absolute Gasteiger partial charge is 0.493 e. The Morgan fingerprint density at radius 1 is 1.15 bits per heavy atom. The topological polar surface area (TPSA) is 88.0 Å². The van der Waals surface area contributed by atoms with E-state index in [1.165, 1.54) is 0 Å². The van der Waals surface area contributed by atoms with Crippen LogP contribution in [0.25, 0.3) is 0 Å². The zero-order valence-electron chi connectivity index (χ0n) is 18.1. The maximum absolute atomic E-state index is 14.4. The molecule has 2 aromatic carbocycles. The quantitative estimate of drug-likeness (QED) is 0.443. The van der Waals surface area contributed by atoms with E-state index in [2.05, 4.69) is 5.32 Å². The molecule has 0 radical (unpaired) electrons. The van der Waals surface area contributed by atoms with Gasteiger partial charge in [0, 0.05) is 28.5 Å². The number of anilines is 1. The number of amides is 1. The van der Waals surface area contributed by atoms with Gasteiger partial charge in [0.05, 0.1) is 7.11 Å². The van der Waals surface area contributed by atoms with E-state index in [0.29, 0.717) is 6.07 Å². The van der Waals surface area contributed by atoms with Gasteiger partial charge in [0.25, 0.3) is 5.91 Å². The van der Waals surface area contributed by atoms with Gasteiger partial charge in [-0.2, -0.15) is 17.6 Å². The van der Waals surface area contributed by atoms with Crippen LogP contribution in [0.5, 0.6) is 5.75 Å². The van der Waals surface area contributed by atoms with Gasteiger partial charge in [0.15, 0.2) is 17.2 Å². The second-order valence-corrected chi connectivity index (χ2v) is 8.04. The molecule has 184 valence electrons. The van der Waals surface area contributed by atoms with E-state index in [1.54, 1.807) is 0 Å². The monoisotopic (exact) mass is 491 g/mol. The molecule has 4 atom stereocenters. The molecule has 6 nitrogen and oxygen atoms in total. The van der Waals surface area contributed by atoms with Crippen molar-refractivity contribution in [1.82, 2.24) is 0 Å². The predicted octanol–water partition coefficient (Wildman–Crippen LogP) is 2.87. The molecule has 1 aliphatic heterocycles. The van der Waals surface area contributed by atoms with Crippen LogP contribution in [-0.2, 0) is 9.53 Å². The van der Waals surface area contributed by atoms with Gasteiger partial charge in [-0.25, -0.2) is 8.78 Å². The van der Waals surface area contributed by atoms with Crippen LogP contribution in [0.2, 0.25) is 0 Å². The van der Waals surface area contributed by atoms with Gasteiger partial charge in [0.1, 0.15) is 11.9 Å². The molecule has 0 unspecified atom stereocenters. The lowest BCUT2D eigenvalue weighted by Gasteiger charge is -2.32. The number of halogens is 6. The summed E-state index contributed by atoms with van der Waals surface area (Å²) in [4.78, 5) is 13.0. The number of nitrogens with one attached hydrogen (secondary N) is 1. The van der Waals surface area contributed by atoms with Crippen molar-refractivity contribution >= 4 is 24.2 Å². The first-order chi connectivity index (χ1) is 15.7. The number of ether oxygens (including phenoxy) is 2. The molecule has 0 saturated carbocycles. The first kappa shape index (κ1) is 25.9. The average Bonchev–Trinajstić information content (AvgIpc) is 3.03. The first-order valence-electron chi connectivity index (χ1n) is 9.95. The summed E-state index contributed by atoms with van der Waals surface area (Å²) >= 11 is 0. The smallest absolute Gasteiger partial charge is 0.491 e. The van der Waals surface area contributed by atoms with Gasteiger partial charge >= 0.3 is 13.3 Å². The number of alkyl halides is 3. The van der Waals surface area contributed by atoms with Crippen molar-refractivity contribution in [2.45, 2.75) is 37.6 Å². The Hall–Kier alpha value is -2.77. The van der Waals surface area contributed by atoms with Crippen molar-refractivity contribution in [3.8, 4) is 5.75 Å². The van der Waals surface area contributed by atoms with Crippen molar-refractivity contribution in [1.29, 1.82) is 0 Å². The third-order valence-electron chi connectivity index (χ3n) is 6.11. The third-order valence-corrected chi connectivity index (χ3v) is 6.11. The summed E-state index contributed by atoms with van der Waals surface area (Å²) < 4.78 is 93.7. The number of rotatable bonds is 5. The molecule has 3 rings (SSSR count). The second-order valence-electron chi connectivity index (χ2n) is 8.04. The first-order valence-corrected chi connectivity index (χ1v) is 9.95. The van der Waals surface area contributed by atoms with E-state index in [9.17, 15) is 41.2 Å². The number of hydrogen-bond donors (Lipinski definition) is 3. The van der Waals surface area contributed by atoms with Crippen LogP contribution in [0.15, 0.2) is 30.3 Å². The number of hydrogen-bond acceptors (Lipinski definition) is 5. The zero-order valence-corrected chi connectivity index (χ0v) is 18.1. The van der Waals surface area contributed by atoms with E-state index >= 15 is 0 Å². The molecule has 2 aromatic rings. The Morgan fingerprint density at radius 3 is 2.32 bits per heavy atom. The van der Waals surface area contributed by atoms with Gasteiger partial charge in [-0.1, -0.05) is 13.0 Å². The molecule has 13 heteroatoms. The third kappa shape index (κ3) is 4.35. The Kier molecular flexibility index (Phi) is 6.93. The van der Waals surface area contributed by atoms with Gasteiger partial charge < -0.3 is 24.8 Å². The molecule has 0 aliphatic carbocycles. The molecule has 1 heterocycles. The van der Waals surface area contributed by atoms with E-state index in [1.807, 2.05) is 0 Å². The fourth-order valence-corrected chi connectivity index (χ4v) is 4.07. The number of carbonyl (C=O) groups is 1. The molecule has 1 aliphatic rings. The Bertz CT molecular complexity index is 1100. The average molecular weight is 491 g/mol. The maximum atomic E-state index is 14.4. The van der Waals surface area contributed by atoms with E-state index in [0.717, 1.165) is 45.2 Å². The lowest BCUT2D eigenvalue weighted by Crippen LogP contribution is -2.47. The van der Waals surface area contributed by atoms with Gasteiger partial charge in [0.2, 0.25) is 5.82 Å². The summed E-state index contributed by atoms with van der Waals surface area (Å²) in [6, 6.07) is 4.47. The maximum Gasteiger partial charge on any atom is 0.491 e. The SMILES string of the molecule is COc1c([C@H]2[C@H](C(=O)Nc3ccc(F)c(B(O)O)c3)O[C@@](C)(C(F)(F)F)[C@H]2C)ccc(F)c1F. The standard InChI is InChI=1S/C21H20BF6NO5/c1-9-15(11-5-7-14(24)16(25)17(11)33-3)18(34-20(9,2)21(26,27)28)19(30)29-10-4-6-13(23)12(8-10)22(31)32/h4-9,15,18,31-32H,1-3H3,(H,29,30)/t9-,15-,18+,20+/m0/s1. The van der Waals surface area contributed by atoms with Crippen LogP contribution in [-0.4, -0.2) is 48.1 Å². The van der Waals surface area contributed by atoms with Crippen LogP contribution >= 0.6 is 0 Å². The Labute approximate surface area is 190 Å². The fourth-order valence-electron chi connectivity index (χ4n) is 4.07. The van der Waals surface area contributed by atoms with Gasteiger partial charge in [-0.05, 0) is 31.2 Å². The minimum Gasteiger partial charge on any atom is -0.493 e. The van der Waals surface area contributed by atoms with Crippen molar-refractivity contribution in [2.75, 3.05) is 12.4 Å². The zero-order chi connectivity index (χ0) is 25.6. The molecular formula is C21H20BF6NO5. The highest BCUT2D eigenvalue weighted by molar-refractivity contribution is 6.58. The summed E-state index contributed by atoms with van der Waals surface area (Å²) in [5.74, 6) is -8.39. The summed E-state index contributed by atoms with van der Waals surface area (Å²) in [6.07, 6.45) is -6.79.